The zero-order valence-electron chi connectivity index (χ0n) is 10.0. The second-order valence-electron chi connectivity index (χ2n) is 4.87. The van der Waals surface area contributed by atoms with Crippen molar-refractivity contribution in [3.63, 3.8) is 0 Å². The van der Waals surface area contributed by atoms with E-state index in [0.29, 0.717) is 18.2 Å². The van der Waals surface area contributed by atoms with Gasteiger partial charge >= 0.3 is 0 Å². The molecule has 0 N–H and O–H groups in total. The summed E-state index contributed by atoms with van der Waals surface area (Å²) in [5, 5.41) is 2.13. The van der Waals surface area contributed by atoms with E-state index in [4.69, 9.17) is 0 Å². The van der Waals surface area contributed by atoms with Crippen LogP contribution < -0.4 is 0 Å². The number of thiophene rings is 1. The van der Waals surface area contributed by atoms with Gasteiger partial charge in [0.1, 0.15) is 0 Å². The van der Waals surface area contributed by atoms with Crippen molar-refractivity contribution in [2.24, 2.45) is 5.92 Å². The Balaban J connectivity index is 1.90. The highest BCUT2D eigenvalue weighted by Crippen LogP contribution is 2.24. The molecular formula is C13H19NOS. The number of rotatable bonds is 3. The molecule has 0 unspecified atom stereocenters. The lowest BCUT2D eigenvalue weighted by Gasteiger charge is -2.27. The molecule has 0 atom stereocenters. The first-order chi connectivity index (χ1) is 7.66. The number of carbonyl (C=O) groups excluding carboxylic acids is 1. The summed E-state index contributed by atoms with van der Waals surface area (Å²) < 4.78 is 0. The first kappa shape index (κ1) is 11.6. The first-order valence-corrected chi connectivity index (χ1v) is 6.88. The van der Waals surface area contributed by atoms with Crippen molar-refractivity contribution in [1.82, 2.24) is 4.90 Å². The summed E-state index contributed by atoms with van der Waals surface area (Å²) in [6.45, 7) is 6.07. The van der Waals surface area contributed by atoms with Gasteiger partial charge in [-0.1, -0.05) is 13.8 Å². The van der Waals surface area contributed by atoms with Gasteiger partial charge in [0.25, 0.3) is 0 Å². The molecule has 1 aliphatic heterocycles. The van der Waals surface area contributed by atoms with E-state index in [2.05, 4.69) is 25.3 Å². The standard InChI is InChI=1S/C13H19NOS/c1-10(2)3-4-13(15)14-7-5-12-11(9-14)6-8-16-12/h6,8,10H,3-5,7,9H2,1-2H3. The number of hydrogen-bond donors (Lipinski definition) is 0. The van der Waals surface area contributed by atoms with E-state index >= 15 is 0 Å². The fourth-order valence-electron chi connectivity index (χ4n) is 2.03. The highest BCUT2D eigenvalue weighted by molar-refractivity contribution is 7.10. The van der Waals surface area contributed by atoms with Crippen LogP contribution in [0.15, 0.2) is 11.4 Å². The molecule has 2 heterocycles. The van der Waals surface area contributed by atoms with Crippen molar-refractivity contribution in [1.29, 1.82) is 0 Å². The van der Waals surface area contributed by atoms with Crippen molar-refractivity contribution in [2.45, 2.75) is 39.7 Å². The summed E-state index contributed by atoms with van der Waals surface area (Å²) in [5.74, 6) is 0.941. The van der Waals surface area contributed by atoms with Crippen molar-refractivity contribution in [3.05, 3.63) is 21.9 Å². The van der Waals surface area contributed by atoms with E-state index < -0.39 is 0 Å². The molecule has 3 heteroatoms. The Bertz CT molecular complexity index is 370. The molecule has 2 nitrogen and oxygen atoms in total. The normalized spacial score (nSPS) is 15.3. The topological polar surface area (TPSA) is 20.3 Å². The minimum Gasteiger partial charge on any atom is -0.338 e. The smallest absolute Gasteiger partial charge is 0.222 e. The molecule has 16 heavy (non-hydrogen) atoms. The maximum Gasteiger partial charge on any atom is 0.222 e. The van der Waals surface area contributed by atoms with Crippen LogP contribution in [0.4, 0.5) is 0 Å². The van der Waals surface area contributed by atoms with Gasteiger partial charge < -0.3 is 4.90 Å². The van der Waals surface area contributed by atoms with E-state index in [1.54, 1.807) is 0 Å². The molecule has 88 valence electrons. The van der Waals surface area contributed by atoms with Gasteiger partial charge in [-0.05, 0) is 35.8 Å². The maximum absolute atomic E-state index is 12.0. The van der Waals surface area contributed by atoms with Crippen molar-refractivity contribution in [3.8, 4) is 0 Å². The monoisotopic (exact) mass is 237 g/mol. The average Bonchev–Trinajstić information content (AvgIpc) is 2.72. The van der Waals surface area contributed by atoms with E-state index in [0.717, 1.165) is 25.9 Å². The van der Waals surface area contributed by atoms with Crippen LogP contribution in [-0.4, -0.2) is 17.4 Å². The zero-order valence-corrected chi connectivity index (χ0v) is 10.8. The average molecular weight is 237 g/mol. The Kier molecular flexibility index (Phi) is 3.64. The van der Waals surface area contributed by atoms with Crippen molar-refractivity contribution >= 4 is 17.2 Å². The van der Waals surface area contributed by atoms with Gasteiger partial charge in [-0.25, -0.2) is 0 Å². The van der Waals surface area contributed by atoms with Gasteiger partial charge in [0.2, 0.25) is 5.91 Å². The van der Waals surface area contributed by atoms with E-state index in [1.165, 1.54) is 10.4 Å². The lowest BCUT2D eigenvalue weighted by molar-refractivity contribution is -0.132. The third-order valence-electron chi connectivity index (χ3n) is 3.10. The summed E-state index contributed by atoms with van der Waals surface area (Å²) in [6, 6.07) is 2.15. The van der Waals surface area contributed by atoms with Crippen LogP contribution in [0.25, 0.3) is 0 Å². The largest absolute Gasteiger partial charge is 0.338 e. The summed E-state index contributed by atoms with van der Waals surface area (Å²) in [6.07, 6.45) is 2.75. The fraction of sp³-hybridized carbons (Fsp3) is 0.615. The van der Waals surface area contributed by atoms with E-state index in [1.807, 2.05) is 16.2 Å². The molecule has 0 radical (unpaired) electrons. The molecule has 1 amide bonds. The van der Waals surface area contributed by atoms with Crippen LogP contribution >= 0.6 is 11.3 Å². The Morgan fingerprint density at radius 2 is 2.38 bits per heavy atom. The summed E-state index contributed by atoms with van der Waals surface area (Å²) in [4.78, 5) is 15.4. The molecule has 0 saturated heterocycles. The van der Waals surface area contributed by atoms with E-state index in [-0.39, 0.29) is 0 Å². The Labute approximate surface area is 101 Å². The number of hydrogen-bond acceptors (Lipinski definition) is 2. The first-order valence-electron chi connectivity index (χ1n) is 6.00. The second kappa shape index (κ2) is 5.00. The van der Waals surface area contributed by atoms with E-state index in [9.17, 15) is 4.79 Å². The molecule has 0 bridgehead atoms. The third kappa shape index (κ3) is 2.64. The molecule has 0 aromatic carbocycles. The lowest BCUT2D eigenvalue weighted by Crippen LogP contribution is -2.35. The second-order valence-corrected chi connectivity index (χ2v) is 5.87. The molecule has 0 spiro atoms. The van der Waals surface area contributed by atoms with Gasteiger partial charge in [-0.2, -0.15) is 0 Å². The predicted octanol–water partition coefficient (Wildman–Crippen LogP) is 3.07. The van der Waals surface area contributed by atoms with Crippen LogP contribution in [0.1, 0.15) is 37.1 Å². The molecule has 1 aromatic heterocycles. The number of carbonyl (C=O) groups is 1. The number of amides is 1. The zero-order chi connectivity index (χ0) is 11.5. The molecule has 1 aromatic rings. The highest BCUT2D eigenvalue weighted by Gasteiger charge is 2.20. The minimum absolute atomic E-state index is 0.325. The minimum atomic E-state index is 0.325. The Hall–Kier alpha value is -0.830. The Morgan fingerprint density at radius 1 is 1.56 bits per heavy atom. The number of fused-ring (bicyclic) bond motifs is 1. The molecule has 1 aliphatic rings. The molecule has 0 saturated carbocycles. The van der Waals surface area contributed by atoms with Gasteiger partial charge in [0, 0.05) is 24.4 Å². The highest BCUT2D eigenvalue weighted by atomic mass is 32.1. The van der Waals surface area contributed by atoms with Crippen LogP contribution in [0.3, 0.4) is 0 Å². The third-order valence-corrected chi connectivity index (χ3v) is 4.12. The summed E-state index contributed by atoms with van der Waals surface area (Å²) in [7, 11) is 0. The quantitative estimate of drug-likeness (QED) is 0.791. The molecule has 2 rings (SSSR count). The molecule has 0 fully saturated rings. The SMILES string of the molecule is CC(C)CCC(=O)N1CCc2sccc2C1. The van der Waals surface area contributed by atoms with Crippen LogP contribution in [-0.2, 0) is 17.8 Å². The fourth-order valence-corrected chi connectivity index (χ4v) is 2.92. The molecule has 0 aliphatic carbocycles. The Morgan fingerprint density at radius 3 is 3.12 bits per heavy atom. The lowest BCUT2D eigenvalue weighted by atomic mass is 10.1. The summed E-state index contributed by atoms with van der Waals surface area (Å²) >= 11 is 1.82. The summed E-state index contributed by atoms with van der Waals surface area (Å²) in [5.41, 5.74) is 1.36. The van der Waals surface area contributed by atoms with Crippen LogP contribution in [0, 0.1) is 5.92 Å². The van der Waals surface area contributed by atoms with Crippen molar-refractivity contribution in [2.75, 3.05) is 6.54 Å². The van der Waals surface area contributed by atoms with Gasteiger partial charge in [-0.15, -0.1) is 11.3 Å². The van der Waals surface area contributed by atoms with Gasteiger partial charge in [0.05, 0.1) is 0 Å². The predicted molar refractivity (Wildman–Crippen MR) is 67.5 cm³/mol. The van der Waals surface area contributed by atoms with Gasteiger partial charge in [-0.3, -0.25) is 4.79 Å². The number of nitrogens with zero attached hydrogens (tertiary/aromatic N) is 1. The van der Waals surface area contributed by atoms with Crippen LogP contribution in [0.5, 0.6) is 0 Å². The van der Waals surface area contributed by atoms with Crippen LogP contribution in [0.2, 0.25) is 0 Å². The van der Waals surface area contributed by atoms with Gasteiger partial charge in [0.15, 0.2) is 0 Å². The maximum atomic E-state index is 12.0. The van der Waals surface area contributed by atoms with Crippen molar-refractivity contribution < 1.29 is 4.79 Å². The molecular weight excluding hydrogens is 218 g/mol.